The van der Waals surface area contributed by atoms with Crippen molar-refractivity contribution in [1.82, 2.24) is 0 Å². The van der Waals surface area contributed by atoms with Crippen molar-refractivity contribution in [2.24, 2.45) is 5.41 Å². The van der Waals surface area contributed by atoms with E-state index in [0.717, 1.165) is 0 Å². The fourth-order valence-corrected chi connectivity index (χ4v) is 0.463. The molecule has 0 nitrogen and oxygen atoms in total. The zero-order valence-electron chi connectivity index (χ0n) is 5.54. The van der Waals surface area contributed by atoms with Crippen LogP contribution in [-0.2, 0) is 0 Å². The molecule has 0 saturated heterocycles. The highest BCUT2D eigenvalue weighted by molar-refractivity contribution is 6.42. The van der Waals surface area contributed by atoms with Gasteiger partial charge in [0.15, 0.2) is 0 Å². The SMILES string of the molecule is CC(C)(C)CB(F)F. The quantitative estimate of drug-likeness (QED) is 0.466. The third-order valence-electron chi connectivity index (χ3n) is 0.767. The van der Waals surface area contributed by atoms with Crippen LogP contribution in [0.5, 0.6) is 0 Å². The highest BCUT2D eigenvalue weighted by Crippen LogP contribution is 2.21. The van der Waals surface area contributed by atoms with E-state index in [4.69, 9.17) is 0 Å². The van der Waals surface area contributed by atoms with E-state index in [0.29, 0.717) is 0 Å². The lowest BCUT2D eigenvalue weighted by molar-refractivity contribution is 0.438. The summed E-state index contributed by atoms with van der Waals surface area (Å²) in [6, 6.07) is 0. The molecule has 0 N–H and O–H groups in total. The van der Waals surface area contributed by atoms with Crippen molar-refractivity contribution in [2.45, 2.75) is 27.1 Å². The van der Waals surface area contributed by atoms with Gasteiger partial charge >= 0.3 is 7.27 Å². The van der Waals surface area contributed by atoms with Crippen molar-refractivity contribution in [3.05, 3.63) is 0 Å². The van der Waals surface area contributed by atoms with Crippen molar-refractivity contribution in [3.8, 4) is 0 Å². The van der Waals surface area contributed by atoms with Gasteiger partial charge in [0.1, 0.15) is 0 Å². The highest BCUT2D eigenvalue weighted by Gasteiger charge is 2.22. The lowest BCUT2D eigenvalue weighted by Crippen LogP contribution is -2.11. The first-order chi connectivity index (χ1) is 3.42. The van der Waals surface area contributed by atoms with Gasteiger partial charge < -0.3 is 0 Å². The van der Waals surface area contributed by atoms with E-state index in [1.165, 1.54) is 0 Å². The molecule has 0 aliphatic rings. The first kappa shape index (κ1) is 7.92. The molecule has 0 aliphatic heterocycles. The lowest BCUT2D eigenvalue weighted by Gasteiger charge is -2.14. The van der Waals surface area contributed by atoms with Gasteiger partial charge in [-0.3, -0.25) is 8.63 Å². The molecule has 8 heavy (non-hydrogen) atoms. The van der Waals surface area contributed by atoms with Crippen LogP contribution in [-0.4, -0.2) is 7.27 Å². The molecule has 0 saturated carbocycles. The van der Waals surface area contributed by atoms with Gasteiger partial charge in [0.2, 0.25) is 0 Å². The van der Waals surface area contributed by atoms with Crippen LogP contribution >= 0.6 is 0 Å². The summed E-state index contributed by atoms with van der Waals surface area (Å²) in [5, 5.41) is 0. The van der Waals surface area contributed by atoms with E-state index in [9.17, 15) is 8.63 Å². The molecule has 0 atom stereocenters. The van der Waals surface area contributed by atoms with Gasteiger partial charge in [-0.05, 0) is 11.7 Å². The Morgan fingerprint density at radius 1 is 1.25 bits per heavy atom. The van der Waals surface area contributed by atoms with Gasteiger partial charge in [-0.2, -0.15) is 0 Å². The van der Waals surface area contributed by atoms with E-state index < -0.39 is 7.27 Å². The van der Waals surface area contributed by atoms with Crippen LogP contribution in [0.1, 0.15) is 20.8 Å². The smallest absolute Gasteiger partial charge is 0.287 e. The molecular weight excluding hydrogens is 109 g/mol. The van der Waals surface area contributed by atoms with E-state index in [-0.39, 0.29) is 11.7 Å². The van der Waals surface area contributed by atoms with E-state index in [1.807, 2.05) is 0 Å². The Hall–Kier alpha value is -0.0751. The van der Waals surface area contributed by atoms with Gasteiger partial charge in [0, 0.05) is 0 Å². The Morgan fingerprint density at radius 3 is 1.62 bits per heavy atom. The third kappa shape index (κ3) is 5.92. The van der Waals surface area contributed by atoms with Gasteiger partial charge in [-0.25, -0.2) is 0 Å². The van der Waals surface area contributed by atoms with Crippen LogP contribution in [0.25, 0.3) is 0 Å². The summed E-state index contributed by atoms with van der Waals surface area (Å²) in [5.41, 5.74) is -0.228. The van der Waals surface area contributed by atoms with Crippen molar-refractivity contribution >= 4 is 7.27 Å². The highest BCUT2D eigenvalue weighted by atomic mass is 19.2. The summed E-state index contributed by atoms with van der Waals surface area (Å²) >= 11 is 0. The minimum Gasteiger partial charge on any atom is -0.287 e. The van der Waals surface area contributed by atoms with Gasteiger partial charge in [0.25, 0.3) is 0 Å². The van der Waals surface area contributed by atoms with Crippen LogP contribution < -0.4 is 0 Å². The van der Waals surface area contributed by atoms with Crippen LogP contribution in [0, 0.1) is 5.41 Å². The zero-order chi connectivity index (χ0) is 6.78. The Kier molecular flexibility index (Phi) is 2.44. The van der Waals surface area contributed by atoms with E-state index in [1.54, 1.807) is 20.8 Å². The van der Waals surface area contributed by atoms with E-state index >= 15 is 0 Å². The van der Waals surface area contributed by atoms with Crippen LogP contribution in [0.15, 0.2) is 0 Å². The fourth-order valence-electron chi connectivity index (χ4n) is 0.463. The average Bonchev–Trinajstić information content (AvgIpc) is 1.21. The van der Waals surface area contributed by atoms with Gasteiger partial charge in [0.05, 0.1) is 0 Å². The summed E-state index contributed by atoms with van der Waals surface area (Å²) in [5.74, 6) is 0. The molecular formula is C5H11BF2. The second-order valence-electron chi connectivity index (χ2n) is 3.16. The number of hydrogen-bond donors (Lipinski definition) is 0. The molecule has 0 bridgehead atoms. The molecule has 0 amide bonds. The Morgan fingerprint density at radius 2 is 1.62 bits per heavy atom. The largest absolute Gasteiger partial charge is 0.538 e. The Bertz CT molecular complexity index is 65.3. The van der Waals surface area contributed by atoms with Crippen LogP contribution in [0.4, 0.5) is 8.63 Å². The maximum absolute atomic E-state index is 11.5. The standard InChI is InChI=1S/C5H11BF2/c1-5(2,3)4-6(7)8/h4H2,1-3H3. The minimum absolute atomic E-state index is 0.00694. The number of rotatable bonds is 1. The van der Waals surface area contributed by atoms with Gasteiger partial charge in [-0.15, -0.1) is 0 Å². The maximum Gasteiger partial charge on any atom is 0.538 e. The van der Waals surface area contributed by atoms with Gasteiger partial charge in [-0.1, -0.05) is 20.8 Å². The first-order valence-corrected chi connectivity index (χ1v) is 2.70. The second-order valence-corrected chi connectivity index (χ2v) is 3.16. The Balaban J connectivity index is 3.39. The third-order valence-corrected chi connectivity index (χ3v) is 0.767. The maximum atomic E-state index is 11.5. The van der Waals surface area contributed by atoms with E-state index in [2.05, 4.69) is 0 Å². The molecule has 0 spiro atoms. The summed E-state index contributed by atoms with van der Waals surface area (Å²) in [4.78, 5) is 0. The molecule has 0 radical (unpaired) electrons. The molecule has 48 valence electrons. The van der Waals surface area contributed by atoms with Crippen molar-refractivity contribution in [2.75, 3.05) is 0 Å². The predicted octanol–water partition coefficient (Wildman–Crippen LogP) is 2.46. The van der Waals surface area contributed by atoms with Crippen LogP contribution in [0.3, 0.4) is 0 Å². The summed E-state index contributed by atoms with van der Waals surface area (Å²) < 4.78 is 23.1. The molecule has 0 fully saturated rings. The number of hydrogen-bond acceptors (Lipinski definition) is 0. The molecule has 3 heteroatoms. The van der Waals surface area contributed by atoms with Crippen LogP contribution in [0.2, 0.25) is 6.32 Å². The van der Waals surface area contributed by atoms with Crippen molar-refractivity contribution in [1.29, 1.82) is 0 Å². The van der Waals surface area contributed by atoms with Crippen molar-refractivity contribution < 1.29 is 8.63 Å². The topological polar surface area (TPSA) is 0 Å². The zero-order valence-corrected chi connectivity index (χ0v) is 5.54. The molecule has 0 aromatic heterocycles. The number of halogens is 2. The second kappa shape index (κ2) is 2.47. The minimum atomic E-state index is -2.16. The summed E-state index contributed by atoms with van der Waals surface area (Å²) in [7, 11) is -2.16. The predicted molar refractivity (Wildman–Crippen MR) is 32.2 cm³/mol. The molecule has 0 rings (SSSR count). The Labute approximate surface area is 49.5 Å². The van der Waals surface area contributed by atoms with Crippen molar-refractivity contribution in [3.63, 3.8) is 0 Å². The monoisotopic (exact) mass is 120 g/mol. The molecule has 0 aromatic rings. The molecule has 0 aliphatic carbocycles. The summed E-state index contributed by atoms with van der Waals surface area (Å²) in [6.07, 6.45) is -0.00694. The molecule has 0 heterocycles. The first-order valence-electron chi connectivity index (χ1n) is 2.70. The summed E-state index contributed by atoms with van der Waals surface area (Å²) in [6.45, 7) is 5.41. The molecule has 0 unspecified atom stereocenters. The lowest BCUT2D eigenvalue weighted by atomic mass is 9.75. The fraction of sp³-hybridized carbons (Fsp3) is 1.00. The average molecular weight is 120 g/mol. The normalized spacial score (nSPS) is 11.6. The molecule has 0 aromatic carbocycles.